The zero-order chi connectivity index (χ0) is 23.8. The second kappa shape index (κ2) is 8.36. The molecular weight excluding hydrogens is 448 g/mol. The Labute approximate surface area is 177 Å². The van der Waals surface area contributed by atoms with Gasteiger partial charge in [-0.1, -0.05) is 0 Å². The molecule has 1 amide bonds. The van der Waals surface area contributed by atoms with E-state index in [9.17, 15) is 35.9 Å². The van der Waals surface area contributed by atoms with Crippen molar-refractivity contribution in [2.75, 3.05) is 6.54 Å². The van der Waals surface area contributed by atoms with Crippen molar-refractivity contribution >= 4 is 12.1 Å². The molecule has 1 unspecified atom stereocenters. The van der Waals surface area contributed by atoms with Crippen molar-refractivity contribution in [2.24, 2.45) is 0 Å². The van der Waals surface area contributed by atoms with Gasteiger partial charge in [0, 0.05) is 13.1 Å². The molecule has 174 valence electrons. The number of amides is 1. The van der Waals surface area contributed by atoms with E-state index in [1.807, 2.05) is 0 Å². The third kappa shape index (κ3) is 5.14. The lowest BCUT2D eigenvalue weighted by Gasteiger charge is -2.23. The molecule has 0 aliphatic carbocycles. The number of rotatable bonds is 3. The summed E-state index contributed by atoms with van der Waals surface area (Å²) in [7, 11) is 0. The summed E-state index contributed by atoms with van der Waals surface area (Å²) in [5, 5.41) is 12.9. The number of carbonyl (C=O) groups is 2. The topological polar surface area (TPSA) is 84.7 Å². The number of halogens is 6. The van der Waals surface area contributed by atoms with Crippen LogP contribution in [0.1, 0.15) is 52.3 Å². The highest BCUT2D eigenvalue weighted by molar-refractivity contribution is 5.85. The fourth-order valence-corrected chi connectivity index (χ4v) is 3.23. The van der Waals surface area contributed by atoms with Crippen LogP contribution in [0.4, 0.5) is 31.1 Å². The van der Waals surface area contributed by atoms with Gasteiger partial charge in [0.15, 0.2) is 5.69 Å². The minimum absolute atomic E-state index is 0.00592. The van der Waals surface area contributed by atoms with Crippen LogP contribution in [0.5, 0.6) is 0 Å². The summed E-state index contributed by atoms with van der Waals surface area (Å²) in [6.45, 7) is 1.58. The van der Waals surface area contributed by atoms with Gasteiger partial charge in [-0.25, -0.2) is 9.59 Å². The third-order valence-corrected chi connectivity index (χ3v) is 4.85. The average molecular weight is 465 g/mol. The molecule has 2 heterocycles. The van der Waals surface area contributed by atoms with Crippen molar-refractivity contribution in [2.45, 2.75) is 44.9 Å². The third-order valence-electron chi connectivity index (χ3n) is 4.85. The first-order chi connectivity index (χ1) is 14.8. The lowest BCUT2D eigenvalue weighted by Crippen LogP contribution is -2.32. The Balaban J connectivity index is 1.81. The summed E-state index contributed by atoms with van der Waals surface area (Å²) in [4.78, 5) is 24.8. The molecule has 1 aromatic heterocycles. The van der Waals surface area contributed by atoms with Crippen molar-refractivity contribution < 1.29 is 45.8 Å². The van der Waals surface area contributed by atoms with E-state index in [4.69, 9.17) is 9.84 Å². The number of ether oxygens (including phenoxy) is 1. The van der Waals surface area contributed by atoms with E-state index in [1.165, 1.54) is 15.6 Å². The van der Waals surface area contributed by atoms with Crippen LogP contribution in [0.2, 0.25) is 0 Å². The number of carboxylic acid groups (broad SMARTS) is 1. The van der Waals surface area contributed by atoms with Gasteiger partial charge in [0.1, 0.15) is 6.10 Å². The Kier molecular flexibility index (Phi) is 6.11. The summed E-state index contributed by atoms with van der Waals surface area (Å²) in [6, 6.07) is 2.28. The van der Waals surface area contributed by atoms with Crippen LogP contribution >= 0.6 is 0 Å². The quantitative estimate of drug-likeness (QED) is 0.663. The molecule has 0 saturated carbocycles. The van der Waals surface area contributed by atoms with Crippen molar-refractivity contribution in [3.8, 4) is 0 Å². The predicted octanol–water partition coefficient (Wildman–Crippen LogP) is 4.72. The maximum Gasteiger partial charge on any atom is 0.416 e. The minimum atomic E-state index is -5.02. The smallest absolute Gasteiger partial charge is 0.416 e. The first kappa shape index (κ1) is 23.4. The maximum absolute atomic E-state index is 13.1. The molecule has 1 aromatic carbocycles. The predicted molar refractivity (Wildman–Crippen MR) is 95.6 cm³/mol. The van der Waals surface area contributed by atoms with Gasteiger partial charge >= 0.3 is 24.4 Å². The van der Waals surface area contributed by atoms with Crippen molar-refractivity contribution in [1.29, 1.82) is 0 Å². The molecule has 1 atom stereocenters. The summed E-state index contributed by atoms with van der Waals surface area (Å²) in [5.74, 6) is -1.25. The van der Waals surface area contributed by atoms with E-state index in [0.29, 0.717) is 30.8 Å². The highest BCUT2D eigenvalue weighted by Crippen LogP contribution is 2.38. The Morgan fingerprint density at radius 1 is 1.03 bits per heavy atom. The summed E-state index contributed by atoms with van der Waals surface area (Å²) in [5.41, 5.74) is -3.29. The van der Waals surface area contributed by atoms with E-state index in [2.05, 4.69) is 5.10 Å². The van der Waals surface area contributed by atoms with Gasteiger partial charge in [-0.3, -0.25) is 4.68 Å². The van der Waals surface area contributed by atoms with Crippen LogP contribution < -0.4 is 0 Å². The number of fused-ring (bicyclic) bond motifs is 1. The van der Waals surface area contributed by atoms with E-state index in [-0.39, 0.29) is 24.8 Å². The second-order valence-corrected chi connectivity index (χ2v) is 7.19. The highest BCUT2D eigenvalue weighted by Gasteiger charge is 2.37. The van der Waals surface area contributed by atoms with Crippen LogP contribution in [0.25, 0.3) is 0 Å². The molecule has 0 bridgehead atoms. The molecule has 0 fully saturated rings. The SMILES string of the molecule is CC(OC(=O)N1CCCn2nc(C(=O)O)cc2C1)c1cc(C(F)(F)F)cc(C(F)(F)F)c1. The molecule has 0 radical (unpaired) electrons. The van der Waals surface area contributed by atoms with E-state index in [1.54, 1.807) is 0 Å². The first-order valence-corrected chi connectivity index (χ1v) is 9.30. The number of hydrogen-bond acceptors (Lipinski definition) is 4. The maximum atomic E-state index is 13.1. The van der Waals surface area contributed by atoms with Gasteiger partial charge in [0.05, 0.1) is 23.4 Å². The van der Waals surface area contributed by atoms with E-state index < -0.39 is 47.2 Å². The van der Waals surface area contributed by atoms with Gasteiger partial charge in [0.2, 0.25) is 0 Å². The Hall–Kier alpha value is -3.25. The van der Waals surface area contributed by atoms with Crippen molar-refractivity contribution in [3.63, 3.8) is 0 Å². The summed E-state index contributed by atoms with van der Waals surface area (Å²) >= 11 is 0. The zero-order valence-electron chi connectivity index (χ0n) is 16.5. The molecule has 1 aliphatic rings. The molecule has 2 aromatic rings. The number of aromatic nitrogens is 2. The normalized spacial score (nSPS) is 15.7. The number of alkyl halides is 6. The Morgan fingerprint density at radius 3 is 2.16 bits per heavy atom. The van der Waals surface area contributed by atoms with Gasteiger partial charge in [-0.15, -0.1) is 0 Å². The lowest BCUT2D eigenvalue weighted by molar-refractivity contribution is -0.143. The monoisotopic (exact) mass is 465 g/mol. The Bertz CT molecular complexity index is 999. The van der Waals surface area contributed by atoms with Crippen LogP contribution in [-0.4, -0.2) is 38.4 Å². The lowest BCUT2D eigenvalue weighted by atomic mass is 10.0. The van der Waals surface area contributed by atoms with Crippen molar-refractivity contribution in [3.05, 3.63) is 52.3 Å². The number of aromatic carboxylic acids is 1. The largest absolute Gasteiger partial charge is 0.476 e. The second-order valence-electron chi connectivity index (χ2n) is 7.19. The number of carboxylic acids is 1. The number of benzene rings is 1. The highest BCUT2D eigenvalue weighted by atomic mass is 19.4. The molecule has 0 spiro atoms. The van der Waals surface area contributed by atoms with Gasteiger partial charge < -0.3 is 14.7 Å². The standard InChI is InChI=1S/C19H17F6N3O4/c1-10(11-5-12(18(20,21)22)7-13(6-11)19(23,24)25)32-17(31)27-3-2-4-28-14(9-27)8-15(26-28)16(29)30/h5-8,10H,2-4,9H2,1H3,(H,29,30). The molecule has 32 heavy (non-hydrogen) atoms. The first-order valence-electron chi connectivity index (χ1n) is 9.30. The van der Waals surface area contributed by atoms with Crippen molar-refractivity contribution in [1.82, 2.24) is 14.7 Å². The fraction of sp³-hybridized carbons (Fsp3) is 0.421. The van der Waals surface area contributed by atoms with E-state index >= 15 is 0 Å². The molecule has 0 saturated heterocycles. The molecule has 7 nitrogen and oxygen atoms in total. The molecule has 13 heteroatoms. The van der Waals surface area contributed by atoms with E-state index in [0.717, 1.165) is 6.92 Å². The average Bonchev–Trinajstić information content (AvgIpc) is 2.98. The number of carbonyl (C=O) groups excluding carboxylic acids is 1. The number of nitrogens with zero attached hydrogens (tertiary/aromatic N) is 3. The van der Waals surface area contributed by atoms with Gasteiger partial charge in [-0.05, 0) is 43.2 Å². The summed E-state index contributed by atoms with van der Waals surface area (Å²) in [6.07, 6.45) is -12.0. The molecular formula is C19H17F6N3O4. The zero-order valence-corrected chi connectivity index (χ0v) is 16.5. The van der Waals surface area contributed by atoms with Gasteiger partial charge in [0.25, 0.3) is 0 Å². The van der Waals surface area contributed by atoms with Crippen LogP contribution in [-0.2, 0) is 30.2 Å². The fourth-order valence-electron chi connectivity index (χ4n) is 3.23. The summed E-state index contributed by atoms with van der Waals surface area (Å²) < 4.78 is 84.9. The molecule has 1 aliphatic heterocycles. The number of aryl methyl sites for hydroxylation is 1. The number of hydrogen-bond donors (Lipinski definition) is 1. The van der Waals surface area contributed by atoms with Crippen LogP contribution in [0, 0.1) is 0 Å². The van der Waals surface area contributed by atoms with Crippen LogP contribution in [0.15, 0.2) is 24.3 Å². The molecule has 1 N–H and O–H groups in total. The minimum Gasteiger partial charge on any atom is -0.476 e. The van der Waals surface area contributed by atoms with Crippen LogP contribution in [0.3, 0.4) is 0 Å². The van der Waals surface area contributed by atoms with Gasteiger partial charge in [-0.2, -0.15) is 31.4 Å². The Morgan fingerprint density at radius 2 is 1.62 bits per heavy atom. The molecule has 3 rings (SSSR count).